The van der Waals surface area contributed by atoms with Gasteiger partial charge >= 0.3 is 5.97 Å². The lowest BCUT2D eigenvalue weighted by Gasteiger charge is -2.21. The van der Waals surface area contributed by atoms with E-state index in [9.17, 15) is 19.5 Å². The second-order valence-corrected chi connectivity index (χ2v) is 7.32. The topological polar surface area (TPSA) is 101 Å². The van der Waals surface area contributed by atoms with Crippen molar-refractivity contribution in [2.24, 2.45) is 5.73 Å². The molecule has 132 valence electrons. The Kier molecular flexibility index (Phi) is 5.06. The van der Waals surface area contributed by atoms with Crippen molar-refractivity contribution in [3.8, 4) is 0 Å². The van der Waals surface area contributed by atoms with Gasteiger partial charge in [0.2, 0.25) is 5.91 Å². The van der Waals surface area contributed by atoms with Crippen molar-refractivity contribution < 1.29 is 19.5 Å². The number of fused-ring (bicyclic) bond motifs is 1. The molecular weight excluding hydrogens is 372 g/mol. The maximum atomic E-state index is 12.7. The number of thiocarbonyl (C=S) groups is 1. The largest absolute Gasteiger partial charge is 0.480 e. The van der Waals surface area contributed by atoms with Gasteiger partial charge in [0.1, 0.15) is 10.4 Å². The highest BCUT2D eigenvalue weighted by Crippen LogP contribution is 2.35. The standard InChI is InChI=1S/C18H14N2O4S2/c19-15(21)9-13(17(23)24)20-16(22)14(26-18(20)25)8-11-6-3-5-10-4-1-2-7-12(10)11/h1-8,13H,9H2,(H2,19,21)(H,23,24)/b14-8-. The summed E-state index contributed by atoms with van der Waals surface area (Å²) < 4.78 is 0.0927. The van der Waals surface area contributed by atoms with E-state index >= 15 is 0 Å². The molecule has 0 radical (unpaired) electrons. The predicted octanol–water partition coefficient (Wildman–Crippen LogP) is 2.37. The molecule has 0 bridgehead atoms. The van der Waals surface area contributed by atoms with Crippen LogP contribution in [0.3, 0.4) is 0 Å². The van der Waals surface area contributed by atoms with Crippen LogP contribution in [0.25, 0.3) is 16.8 Å². The van der Waals surface area contributed by atoms with Gasteiger partial charge in [-0.3, -0.25) is 14.5 Å². The zero-order chi connectivity index (χ0) is 18.8. The number of primary amides is 1. The van der Waals surface area contributed by atoms with Crippen LogP contribution in [0.5, 0.6) is 0 Å². The number of rotatable bonds is 5. The SMILES string of the molecule is NC(=O)CC(C(=O)O)N1C(=O)/C(=C/c2cccc3ccccc23)SC1=S. The van der Waals surface area contributed by atoms with Gasteiger partial charge in [-0.25, -0.2) is 4.79 Å². The van der Waals surface area contributed by atoms with Crippen molar-refractivity contribution >= 4 is 62.9 Å². The van der Waals surface area contributed by atoms with Crippen LogP contribution in [0.1, 0.15) is 12.0 Å². The van der Waals surface area contributed by atoms with Crippen LogP contribution in [0.2, 0.25) is 0 Å². The number of nitrogens with zero attached hydrogens (tertiary/aromatic N) is 1. The molecule has 3 rings (SSSR count). The van der Waals surface area contributed by atoms with Crippen molar-refractivity contribution in [2.45, 2.75) is 12.5 Å². The first kappa shape index (κ1) is 18.1. The molecular formula is C18H14N2O4S2. The number of hydrogen-bond acceptors (Lipinski definition) is 5. The first-order valence-corrected chi connectivity index (χ1v) is 8.87. The normalized spacial score (nSPS) is 17.1. The summed E-state index contributed by atoms with van der Waals surface area (Å²) in [6, 6.07) is 12.0. The van der Waals surface area contributed by atoms with Crippen LogP contribution >= 0.6 is 24.0 Å². The van der Waals surface area contributed by atoms with Gasteiger partial charge in [-0.05, 0) is 22.4 Å². The number of carbonyl (C=O) groups is 3. The molecule has 1 fully saturated rings. The first-order chi connectivity index (χ1) is 12.4. The van der Waals surface area contributed by atoms with E-state index in [1.165, 1.54) is 0 Å². The summed E-state index contributed by atoms with van der Waals surface area (Å²) in [5.41, 5.74) is 5.93. The molecule has 2 aromatic carbocycles. The molecule has 2 aromatic rings. The third-order valence-electron chi connectivity index (χ3n) is 3.92. The maximum absolute atomic E-state index is 12.7. The van der Waals surface area contributed by atoms with E-state index in [1.807, 2.05) is 42.5 Å². The Labute approximate surface area is 158 Å². The molecule has 26 heavy (non-hydrogen) atoms. The van der Waals surface area contributed by atoms with Gasteiger partial charge in [-0.2, -0.15) is 0 Å². The van der Waals surface area contributed by atoms with Gasteiger partial charge in [-0.1, -0.05) is 66.4 Å². The molecule has 0 aliphatic carbocycles. The lowest BCUT2D eigenvalue weighted by atomic mass is 10.0. The van der Waals surface area contributed by atoms with Crippen LogP contribution in [-0.2, 0) is 14.4 Å². The summed E-state index contributed by atoms with van der Waals surface area (Å²) in [5, 5.41) is 11.3. The zero-order valence-electron chi connectivity index (χ0n) is 13.4. The molecule has 0 spiro atoms. The van der Waals surface area contributed by atoms with E-state index in [0.717, 1.165) is 33.0 Å². The van der Waals surface area contributed by atoms with Crippen LogP contribution < -0.4 is 5.73 Å². The van der Waals surface area contributed by atoms with Crippen LogP contribution in [0.4, 0.5) is 0 Å². The number of carboxylic acid groups (broad SMARTS) is 1. The van der Waals surface area contributed by atoms with Crippen molar-refractivity contribution in [1.29, 1.82) is 0 Å². The summed E-state index contributed by atoms with van der Waals surface area (Å²) in [6.45, 7) is 0. The van der Waals surface area contributed by atoms with Crippen molar-refractivity contribution in [2.75, 3.05) is 0 Å². The lowest BCUT2D eigenvalue weighted by Crippen LogP contribution is -2.46. The molecule has 1 unspecified atom stereocenters. The average Bonchev–Trinajstić information content (AvgIpc) is 2.86. The molecule has 1 saturated heterocycles. The van der Waals surface area contributed by atoms with Crippen LogP contribution in [-0.4, -0.2) is 38.2 Å². The molecule has 1 atom stereocenters. The Morgan fingerprint density at radius 2 is 1.92 bits per heavy atom. The van der Waals surface area contributed by atoms with E-state index in [-0.39, 0.29) is 4.32 Å². The molecule has 0 saturated carbocycles. The third kappa shape index (κ3) is 3.47. The Morgan fingerprint density at radius 3 is 2.62 bits per heavy atom. The molecule has 3 N–H and O–H groups in total. The highest BCUT2D eigenvalue weighted by Gasteiger charge is 2.41. The number of nitrogens with two attached hydrogens (primary N) is 1. The second kappa shape index (κ2) is 7.27. The van der Waals surface area contributed by atoms with Gasteiger partial charge in [-0.15, -0.1) is 0 Å². The summed E-state index contributed by atoms with van der Waals surface area (Å²) in [4.78, 5) is 36.6. The third-order valence-corrected chi connectivity index (χ3v) is 5.26. The fraction of sp³-hybridized carbons (Fsp3) is 0.111. The van der Waals surface area contributed by atoms with Crippen molar-refractivity contribution in [3.63, 3.8) is 0 Å². The van der Waals surface area contributed by atoms with Gasteiger partial charge in [0, 0.05) is 0 Å². The Balaban J connectivity index is 1.99. The molecule has 1 aliphatic heterocycles. The van der Waals surface area contributed by atoms with E-state index < -0.39 is 30.2 Å². The number of amides is 2. The number of benzene rings is 2. The van der Waals surface area contributed by atoms with E-state index in [0.29, 0.717) is 4.91 Å². The van der Waals surface area contributed by atoms with Crippen molar-refractivity contribution in [3.05, 3.63) is 52.9 Å². The van der Waals surface area contributed by atoms with Gasteiger partial charge in [0.05, 0.1) is 11.3 Å². The molecule has 8 heteroatoms. The Morgan fingerprint density at radius 1 is 1.23 bits per heavy atom. The molecule has 1 aliphatic rings. The lowest BCUT2D eigenvalue weighted by molar-refractivity contribution is -0.146. The first-order valence-electron chi connectivity index (χ1n) is 7.64. The number of hydrogen-bond donors (Lipinski definition) is 2. The number of aliphatic carboxylic acids is 1. The minimum absolute atomic E-state index is 0.0927. The van der Waals surface area contributed by atoms with Crippen LogP contribution in [0.15, 0.2) is 47.4 Å². The quantitative estimate of drug-likeness (QED) is 0.604. The monoisotopic (exact) mass is 386 g/mol. The molecule has 0 aromatic heterocycles. The fourth-order valence-electron chi connectivity index (χ4n) is 2.75. The van der Waals surface area contributed by atoms with Gasteiger partial charge in [0.15, 0.2) is 0 Å². The Hall–Kier alpha value is -2.71. The Bertz CT molecular complexity index is 965. The molecule has 6 nitrogen and oxygen atoms in total. The average molecular weight is 386 g/mol. The predicted molar refractivity (Wildman–Crippen MR) is 104 cm³/mol. The summed E-state index contributed by atoms with van der Waals surface area (Å²) in [7, 11) is 0. The highest BCUT2D eigenvalue weighted by molar-refractivity contribution is 8.26. The fourth-order valence-corrected chi connectivity index (χ4v) is 4.09. The summed E-state index contributed by atoms with van der Waals surface area (Å²) >= 11 is 6.18. The van der Waals surface area contributed by atoms with E-state index in [4.69, 9.17) is 18.0 Å². The minimum Gasteiger partial charge on any atom is -0.480 e. The van der Waals surface area contributed by atoms with E-state index in [1.54, 1.807) is 6.08 Å². The van der Waals surface area contributed by atoms with Gasteiger partial charge < -0.3 is 10.8 Å². The van der Waals surface area contributed by atoms with Gasteiger partial charge in [0.25, 0.3) is 5.91 Å². The zero-order valence-corrected chi connectivity index (χ0v) is 15.0. The summed E-state index contributed by atoms with van der Waals surface area (Å²) in [5.74, 6) is -2.68. The minimum atomic E-state index is -1.40. The van der Waals surface area contributed by atoms with E-state index in [2.05, 4.69) is 0 Å². The second-order valence-electron chi connectivity index (χ2n) is 5.64. The number of carbonyl (C=O) groups excluding carboxylic acids is 2. The number of carboxylic acids is 1. The summed E-state index contributed by atoms with van der Waals surface area (Å²) in [6.07, 6.45) is 1.19. The smallest absolute Gasteiger partial charge is 0.327 e. The molecule has 2 amide bonds. The molecule has 1 heterocycles. The number of thioether (sulfide) groups is 1. The highest BCUT2D eigenvalue weighted by atomic mass is 32.2. The van der Waals surface area contributed by atoms with Crippen molar-refractivity contribution in [1.82, 2.24) is 4.90 Å². The van der Waals surface area contributed by atoms with Crippen LogP contribution in [0, 0.1) is 0 Å². The maximum Gasteiger partial charge on any atom is 0.327 e.